The predicted molar refractivity (Wildman–Crippen MR) is 95.6 cm³/mol. The first-order valence-corrected chi connectivity index (χ1v) is 8.84. The molecule has 3 aromatic rings. The smallest absolute Gasteiger partial charge is 0.332 e. The minimum atomic E-state index is -4.37. The van der Waals surface area contributed by atoms with Gasteiger partial charge in [0.2, 0.25) is 0 Å². The lowest BCUT2D eigenvalue weighted by Crippen LogP contribution is -2.30. The first-order valence-electron chi connectivity index (χ1n) is 8.46. The second-order valence-electron chi connectivity index (χ2n) is 6.55. The molecule has 2 aromatic carbocycles. The summed E-state index contributed by atoms with van der Waals surface area (Å²) in [7, 11) is 0. The summed E-state index contributed by atoms with van der Waals surface area (Å²) in [5.41, 5.74) is 1.15. The van der Waals surface area contributed by atoms with Crippen LogP contribution in [0.1, 0.15) is 40.4 Å². The third-order valence-electron chi connectivity index (χ3n) is 4.89. The molecule has 140 valence electrons. The Hall–Kier alpha value is -2.54. The molecule has 0 spiro atoms. The second kappa shape index (κ2) is 6.56. The van der Waals surface area contributed by atoms with Crippen LogP contribution in [-0.2, 0) is 6.18 Å². The van der Waals surface area contributed by atoms with E-state index in [1.165, 1.54) is 12.1 Å². The van der Waals surface area contributed by atoms with Crippen LogP contribution in [0, 0.1) is 0 Å². The maximum absolute atomic E-state index is 13.0. The van der Waals surface area contributed by atoms with Crippen molar-refractivity contribution in [3.63, 3.8) is 0 Å². The highest BCUT2D eigenvalue weighted by Crippen LogP contribution is 2.36. The van der Waals surface area contributed by atoms with Gasteiger partial charge < -0.3 is 4.90 Å². The highest BCUT2D eigenvalue weighted by molar-refractivity contribution is 6.34. The van der Waals surface area contributed by atoms with Gasteiger partial charge in [-0.1, -0.05) is 23.7 Å². The number of rotatable bonds is 2. The fourth-order valence-electron chi connectivity index (χ4n) is 3.53. The summed E-state index contributed by atoms with van der Waals surface area (Å²) >= 11 is 6.05. The number of amides is 1. The van der Waals surface area contributed by atoms with Crippen LogP contribution in [0.25, 0.3) is 10.9 Å². The van der Waals surface area contributed by atoms with Crippen LogP contribution >= 0.6 is 11.6 Å². The highest BCUT2D eigenvalue weighted by Gasteiger charge is 2.33. The Balaban J connectivity index is 1.62. The van der Waals surface area contributed by atoms with Crippen LogP contribution in [0.3, 0.4) is 0 Å². The summed E-state index contributed by atoms with van der Waals surface area (Å²) < 4.78 is 38.3. The van der Waals surface area contributed by atoms with E-state index in [1.807, 2.05) is 0 Å². The van der Waals surface area contributed by atoms with Crippen molar-refractivity contribution in [2.24, 2.45) is 0 Å². The molecule has 1 N–H and O–H groups in total. The number of hydrogen-bond acceptors (Lipinski definition) is 2. The SMILES string of the molecule is O=C(c1ccc2n[nH]c(Cl)c2c1)N1CCCC1c1ccc(C(F)(F)F)cc1. The number of aromatic amines is 1. The van der Waals surface area contributed by atoms with Crippen molar-refractivity contribution in [3.05, 3.63) is 64.3 Å². The monoisotopic (exact) mass is 393 g/mol. The number of benzene rings is 2. The number of carbonyl (C=O) groups is 1. The first-order chi connectivity index (χ1) is 12.8. The number of aromatic nitrogens is 2. The van der Waals surface area contributed by atoms with Crippen molar-refractivity contribution in [2.75, 3.05) is 6.54 Å². The molecule has 1 unspecified atom stereocenters. The molecule has 1 aliphatic heterocycles. The van der Waals surface area contributed by atoms with Gasteiger partial charge in [0, 0.05) is 17.5 Å². The Labute approximate surface area is 157 Å². The number of nitrogens with zero attached hydrogens (tertiary/aromatic N) is 2. The average molecular weight is 394 g/mol. The molecule has 0 radical (unpaired) electrons. The van der Waals surface area contributed by atoms with E-state index in [9.17, 15) is 18.0 Å². The van der Waals surface area contributed by atoms with Crippen LogP contribution in [-0.4, -0.2) is 27.5 Å². The zero-order valence-corrected chi connectivity index (χ0v) is 14.8. The van der Waals surface area contributed by atoms with E-state index in [1.54, 1.807) is 23.1 Å². The van der Waals surface area contributed by atoms with Gasteiger partial charge in [-0.15, -0.1) is 0 Å². The van der Waals surface area contributed by atoms with Crippen molar-refractivity contribution in [1.82, 2.24) is 15.1 Å². The summed E-state index contributed by atoms with van der Waals surface area (Å²) in [5, 5.41) is 7.72. The Morgan fingerprint density at radius 3 is 2.63 bits per heavy atom. The zero-order chi connectivity index (χ0) is 19.2. The van der Waals surface area contributed by atoms with Gasteiger partial charge in [0.25, 0.3) is 5.91 Å². The molecule has 0 saturated carbocycles. The van der Waals surface area contributed by atoms with Crippen LogP contribution in [0.4, 0.5) is 13.2 Å². The lowest BCUT2D eigenvalue weighted by molar-refractivity contribution is -0.137. The third kappa shape index (κ3) is 3.27. The Bertz CT molecular complexity index is 998. The van der Waals surface area contributed by atoms with Gasteiger partial charge >= 0.3 is 6.18 Å². The molecule has 8 heteroatoms. The molecule has 1 aromatic heterocycles. The number of alkyl halides is 3. The topological polar surface area (TPSA) is 49.0 Å². The molecule has 0 bridgehead atoms. The van der Waals surface area contributed by atoms with Crippen molar-refractivity contribution < 1.29 is 18.0 Å². The van der Waals surface area contributed by atoms with Gasteiger partial charge in [0.05, 0.1) is 17.1 Å². The predicted octanol–water partition coefficient (Wildman–Crippen LogP) is 5.21. The standard InChI is InChI=1S/C19H15ClF3N3O/c20-17-14-10-12(5-8-15(14)24-25-17)18(27)26-9-1-2-16(26)11-3-6-13(7-4-11)19(21,22)23/h3-8,10,16H,1-2,9H2,(H,24,25). The molecule has 27 heavy (non-hydrogen) atoms. The zero-order valence-electron chi connectivity index (χ0n) is 14.1. The molecule has 0 aliphatic carbocycles. The van der Waals surface area contributed by atoms with Crippen LogP contribution in [0.5, 0.6) is 0 Å². The minimum absolute atomic E-state index is 0.170. The van der Waals surface area contributed by atoms with Crippen LogP contribution in [0.15, 0.2) is 42.5 Å². The third-order valence-corrected chi connectivity index (χ3v) is 5.18. The molecule has 1 saturated heterocycles. The molecule has 1 aliphatic rings. The van der Waals surface area contributed by atoms with E-state index in [0.29, 0.717) is 40.1 Å². The van der Waals surface area contributed by atoms with Gasteiger partial charge in [0.1, 0.15) is 5.15 Å². The van der Waals surface area contributed by atoms with E-state index in [2.05, 4.69) is 10.2 Å². The number of hydrogen-bond donors (Lipinski definition) is 1. The molecular weight excluding hydrogens is 379 g/mol. The lowest BCUT2D eigenvalue weighted by atomic mass is 10.0. The fourth-order valence-corrected chi connectivity index (χ4v) is 3.72. The van der Waals surface area contributed by atoms with E-state index in [-0.39, 0.29) is 11.9 Å². The van der Waals surface area contributed by atoms with Crippen molar-refractivity contribution in [1.29, 1.82) is 0 Å². The quantitative estimate of drug-likeness (QED) is 0.649. The Morgan fingerprint density at radius 1 is 1.19 bits per heavy atom. The molecular formula is C19H15ClF3N3O. The second-order valence-corrected chi connectivity index (χ2v) is 6.92. The number of likely N-dealkylation sites (tertiary alicyclic amines) is 1. The van der Waals surface area contributed by atoms with E-state index in [4.69, 9.17) is 11.6 Å². The number of nitrogens with one attached hydrogen (secondary N) is 1. The number of halogens is 4. The van der Waals surface area contributed by atoms with Crippen LogP contribution < -0.4 is 0 Å². The molecule has 1 fully saturated rings. The maximum Gasteiger partial charge on any atom is 0.416 e. The summed E-state index contributed by atoms with van der Waals surface area (Å²) in [4.78, 5) is 14.7. The number of carbonyl (C=O) groups excluding carboxylic acids is 1. The molecule has 4 rings (SSSR count). The highest BCUT2D eigenvalue weighted by atomic mass is 35.5. The normalized spacial score (nSPS) is 17.6. The van der Waals surface area contributed by atoms with Gasteiger partial charge in [-0.05, 0) is 48.7 Å². The summed E-state index contributed by atoms with van der Waals surface area (Å²) in [6.45, 7) is 0.557. The van der Waals surface area contributed by atoms with Crippen molar-refractivity contribution in [3.8, 4) is 0 Å². The van der Waals surface area contributed by atoms with E-state index < -0.39 is 11.7 Å². The maximum atomic E-state index is 13.0. The molecule has 1 atom stereocenters. The van der Waals surface area contributed by atoms with Gasteiger partial charge in [0.15, 0.2) is 0 Å². The summed E-state index contributed by atoms with van der Waals surface area (Å²) in [6, 6.07) is 9.88. The van der Waals surface area contributed by atoms with Crippen molar-refractivity contribution in [2.45, 2.75) is 25.1 Å². The van der Waals surface area contributed by atoms with Crippen LogP contribution in [0.2, 0.25) is 5.15 Å². The molecule has 1 amide bonds. The first kappa shape index (κ1) is 17.9. The van der Waals surface area contributed by atoms with Gasteiger partial charge in [-0.2, -0.15) is 18.3 Å². The summed E-state index contributed by atoms with van der Waals surface area (Å²) in [5.74, 6) is -0.170. The van der Waals surface area contributed by atoms with E-state index >= 15 is 0 Å². The average Bonchev–Trinajstić information content (AvgIpc) is 3.27. The molecule has 2 heterocycles. The fraction of sp³-hybridized carbons (Fsp3) is 0.263. The lowest BCUT2D eigenvalue weighted by Gasteiger charge is -2.25. The summed E-state index contributed by atoms with van der Waals surface area (Å²) in [6.07, 6.45) is -2.86. The number of H-pyrrole nitrogens is 1. The Kier molecular flexibility index (Phi) is 4.34. The van der Waals surface area contributed by atoms with Gasteiger partial charge in [-0.3, -0.25) is 9.89 Å². The largest absolute Gasteiger partial charge is 0.416 e. The van der Waals surface area contributed by atoms with Crippen molar-refractivity contribution >= 4 is 28.4 Å². The molecule has 4 nitrogen and oxygen atoms in total. The minimum Gasteiger partial charge on any atom is -0.332 e. The Morgan fingerprint density at radius 2 is 1.93 bits per heavy atom. The van der Waals surface area contributed by atoms with E-state index in [0.717, 1.165) is 18.6 Å². The number of fused-ring (bicyclic) bond motifs is 1. The van der Waals surface area contributed by atoms with Gasteiger partial charge in [-0.25, -0.2) is 0 Å².